The molecule has 4 aromatic rings. The monoisotopic (exact) mass is 359 g/mol. The van der Waals surface area contributed by atoms with Crippen molar-refractivity contribution in [3.8, 4) is 0 Å². The third kappa shape index (κ3) is 3.32. The van der Waals surface area contributed by atoms with Gasteiger partial charge in [0.05, 0.1) is 6.10 Å². The zero-order valence-corrected chi connectivity index (χ0v) is 14.4. The molecule has 0 fully saturated rings. The van der Waals surface area contributed by atoms with Gasteiger partial charge in [-0.05, 0) is 28.5 Å². The summed E-state index contributed by atoms with van der Waals surface area (Å²) in [6, 6.07) is 21.9. The van der Waals surface area contributed by atoms with E-state index in [1.54, 1.807) is 24.3 Å². The van der Waals surface area contributed by atoms with E-state index in [-0.39, 0.29) is 12.1 Å². The van der Waals surface area contributed by atoms with Gasteiger partial charge in [-0.2, -0.15) is 0 Å². The minimum Gasteiger partial charge on any atom is -0.422 e. The van der Waals surface area contributed by atoms with E-state index in [0.29, 0.717) is 11.0 Å². The molecule has 1 aromatic heterocycles. The molecule has 2 N–H and O–H groups in total. The molecule has 0 saturated heterocycles. The highest BCUT2D eigenvalue weighted by Gasteiger charge is 2.16. The van der Waals surface area contributed by atoms with Crippen molar-refractivity contribution in [3.05, 3.63) is 94.3 Å². The maximum absolute atomic E-state index is 12.4. The van der Waals surface area contributed by atoms with E-state index >= 15 is 0 Å². The Kier molecular flexibility index (Phi) is 4.44. The molecule has 0 bridgehead atoms. The molecule has 3 aromatic carbocycles. The van der Waals surface area contributed by atoms with Crippen LogP contribution < -0.4 is 10.9 Å². The van der Waals surface area contributed by atoms with Crippen LogP contribution in [0.2, 0.25) is 0 Å². The van der Waals surface area contributed by atoms with E-state index in [4.69, 9.17) is 4.42 Å². The summed E-state index contributed by atoms with van der Waals surface area (Å²) < 4.78 is 5.18. The van der Waals surface area contributed by atoms with Crippen molar-refractivity contribution in [2.75, 3.05) is 6.54 Å². The summed E-state index contributed by atoms with van der Waals surface area (Å²) in [5, 5.41) is 15.8. The number of hydrogen-bond donors (Lipinski definition) is 2. The number of carbonyl (C=O) groups excluding carboxylic acids is 1. The second-order valence-electron chi connectivity index (χ2n) is 6.28. The normalized spacial score (nSPS) is 12.2. The number of benzene rings is 3. The molecule has 0 aliphatic carbocycles. The number of fused-ring (bicyclic) bond motifs is 2. The number of para-hydroxylation sites is 1. The smallest absolute Gasteiger partial charge is 0.349 e. The quantitative estimate of drug-likeness (QED) is 0.547. The van der Waals surface area contributed by atoms with Gasteiger partial charge in [0, 0.05) is 11.9 Å². The summed E-state index contributed by atoms with van der Waals surface area (Å²) >= 11 is 0. The van der Waals surface area contributed by atoms with E-state index in [1.165, 1.54) is 6.07 Å². The molecule has 1 heterocycles. The average molecular weight is 359 g/mol. The maximum atomic E-state index is 12.4. The number of rotatable bonds is 4. The Morgan fingerprint density at radius 3 is 2.52 bits per heavy atom. The van der Waals surface area contributed by atoms with Gasteiger partial charge in [0.2, 0.25) is 0 Å². The molecule has 5 heteroatoms. The Bertz CT molecular complexity index is 1190. The van der Waals surface area contributed by atoms with Crippen LogP contribution in [-0.2, 0) is 0 Å². The highest BCUT2D eigenvalue weighted by Crippen LogP contribution is 2.24. The van der Waals surface area contributed by atoms with Crippen LogP contribution in [0.15, 0.2) is 82.0 Å². The molecule has 0 saturated carbocycles. The molecule has 5 nitrogen and oxygen atoms in total. The van der Waals surface area contributed by atoms with Crippen LogP contribution in [-0.4, -0.2) is 17.6 Å². The van der Waals surface area contributed by atoms with Crippen molar-refractivity contribution in [2.45, 2.75) is 6.10 Å². The number of aliphatic hydroxyl groups excluding tert-OH is 1. The summed E-state index contributed by atoms with van der Waals surface area (Å²) in [5.74, 6) is -0.575. The lowest BCUT2D eigenvalue weighted by atomic mass is 10.0. The molecule has 27 heavy (non-hydrogen) atoms. The average Bonchev–Trinajstić information content (AvgIpc) is 2.70. The van der Waals surface area contributed by atoms with Gasteiger partial charge in [-0.1, -0.05) is 60.7 Å². The van der Waals surface area contributed by atoms with Gasteiger partial charge in [0.25, 0.3) is 5.91 Å². The second kappa shape index (κ2) is 7.05. The zero-order valence-electron chi connectivity index (χ0n) is 14.4. The van der Waals surface area contributed by atoms with Crippen LogP contribution in [0.1, 0.15) is 22.0 Å². The van der Waals surface area contributed by atoms with Crippen molar-refractivity contribution in [3.63, 3.8) is 0 Å². The van der Waals surface area contributed by atoms with Gasteiger partial charge in [0.15, 0.2) is 0 Å². The fraction of sp³-hybridized carbons (Fsp3) is 0.0909. The number of amides is 1. The highest BCUT2D eigenvalue weighted by molar-refractivity contribution is 5.96. The lowest BCUT2D eigenvalue weighted by Crippen LogP contribution is -2.31. The summed E-state index contributed by atoms with van der Waals surface area (Å²) in [7, 11) is 0. The van der Waals surface area contributed by atoms with Crippen molar-refractivity contribution in [1.29, 1.82) is 0 Å². The largest absolute Gasteiger partial charge is 0.422 e. The lowest BCUT2D eigenvalue weighted by Gasteiger charge is -2.14. The van der Waals surface area contributed by atoms with E-state index in [9.17, 15) is 14.7 Å². The molecule has 134 valence electrons. The predicted molar refractivity (Wildman–Crippen MR) is 104 cm³/mol. The summed E-state index contributed by atoms with van der Waals surface area (Å²) in [4.78, 5) is 24.5. The number of hydrogen-bond acceptors (Lipinski definition) is 4. The molecule has 0 spiro atoms. The van der Waals surface area contributed by atoms with Crippen molar-refractivity contribution in [1.82, 2.24) is 5.32 Å². The summed E-state index contributed by atoms with van der Waals surface area (Å²) in [6.07, 6.45) is -0.896. The SMILES string of the molecule is O=C(NCC(O)c1cccc2ccccc12)c1cc2ccccc2oc1=O. The zero-order chi connectivity index (χ0) is 18.8. The molecule has 0 aliphatic rings. The van der Waals surface area contributed by atoms with Crippen LogP contribution in [0.4, 0.5) is 0 Å². The van der Waals surface area contributed by atoms with Crippen LogP contribution >= 0.6 is 0 Å². The number of nitrogens with one attached hydrogen (secondary N) is 1. The minimum atomic E-state index is -0.896. The van der Waals surface area contributed by atoms with E-state index < -0.39 is 17.6 Å². The fourth-order valence-corrected chi connectivity index (χ4v) is 3.16. The van der Waals surface area contributed by atoms with Crippen molar-refractivity contribution in [2.24, 2.45) is 0 Å². The molecule has 1 atom stereocenters. The van der Waals surface area contributed by atoms with E-state index in [0.717, 1.165) is 16.3 Å². The van der Waals surface area contributed by atoms with Crippen LogP contribution in [0.3, 0.4) is 0 Å². The third-order valence-corrected chi connectivity index (χ3v) is 4.52. The van der Waals surface area contributed by atoms with Gasteiger partial charge in [0.1, 0.15) is 11.1 Å². The maximum Gasteiger partial charge on any atom is 0.349 e. The molecule has 1 unspecified atom stereocenters. The van der Waals surface area contributed by atoms with E-state index in [1.807, 2.05) is 42.5 Å². The molecule has 4 rings (SSSR count). The number of carbonyl (C=O) groups is 1. The van der Waals surface area contributed by atoms with Gasteiger partial charge in [-0.25, -0.2) is 4.79 Å². The number of aliphatic hydroxyl groups is 1. The summed E-state index contributed by atoms with van der Waals surface area (Å²) in [5.41, 5.74) is 0.360. The third-order valence-electron chi connectivity index (χ3n) is 4.52. The predicted octanol–water partition coefficient (Wildman–Crippen LogP) is 3.41. The topological polar surface area (TPSA) is 79.5 Å². The van der Waals surface area contributed by atoms with Gasteiger partial charge >= 0.3 is 5.63 Å². The second-order valence-corrected chi connectivity index (χ2v) is 6.28. The Labute approximate surface area is 154 Å². The standard InChI is InChI=1S/C22H17NO4/c24-19(17-10-5-8-14-6-1-3-9-16(14)17)13-23-21(25)18-12-15-7-2-4-11-20(15)27-22(18)26/h1-12,19,24H,13H2,(H,23,25). The van der Waals surface area contributed by atoms with Crippen molar-refractivity contribution >= 4 is 27.6 Å². The Balaban J connectivity index is 1.55. The molecule has 0 radical (unpaired) electrons. The van der Waals surface area contributed by atoms with Crippen molar-refractivity contribution < 1.29 is 14.3 Å². The fourth-order valence-electron chi connectivity index (χ4n) is 3.16. The van der Waals surface area contributed by atoms with Gasteiger partial charge in [-0.3, -0.25) is 4.79 Å². The molecule has 1 amide bonds. The molecule has 0 aliphatic heterocycles. The first kappa shape index (κ1) is 17.0. The molecular weight excluding hydrogens is 342 g/mol. The van der Waals surface area contributed by atoms with E-state index in [2.05, 4.69) is 5.32 Å². The van der Waals surface area contributed by atoms with Gasteiger partial charge < -0.3 is 14.8 Å². The lowest BCUT2D eigenvalue weighted by molar-refractivity contribution is 0.0913. The van der Waals surface area contributed by atoms with Gasteiger partial charge in [-0.15, -0.1) is 0 Å². The van der Waals surface area contributed by atoms with Crippen LogP contribution in [0.5, 0.6) is 0 Å². The Morgan fingerprint density at radius 1 is 0.963 bits per heavy atom. The molecular formula is C22H17NO4. The first-order chi connectivity index (χ1) is 13.1. The summed E-state index contributed by atoms with van der Waals surface area (Å²) in [6.45, 7) is -0.0148. The van der Waals surface area contributed by atoms with Crippen LogP contribution in [0, 0.1) is 0 Å². The van der Waals surface area contributed by atoms with Crippen LogP contribution in [0.25, 0.3) is 21.7 Å². The Hall–Kier alpha value is -3.44. The first-order valence-corrected chi connectivity index (χ1v) is 8.60. The minimum absolute atomic E-state index is 0.0148. The Morgan fingerprint density at radius 2 is 1.67 bits per heavy atom. The first-order valence-electron chi connectivity index (χ1n) is 8.60. The highest BCUT2D eigenvalue weighted by atomic mass is 16.4.